The number of anilines is 1. The van der Waals surface area contributed by atoms with Crippen LogP contribution in [0.2, 0.25) is 0 Å². The standard InChI is InChI=1S/C17H16N2O3S/c1-11-7-8-23-15(11)10-19(2)17(21)18-13-4-5-14-12(9-13)3-6-16(20)22-14/h3-9H,10H2,1-2H3,(H,18,21). The van der Waals surface area contributed by atoms with E-state index in [4.69, 9.17) is 4.42 Å². The average Bonchev–Trinajstić information content (AvgIpc) is 2.92. The first-order chi connectivity index (χ1) is 11.0. The second kappa shape index (κ2) is 6.26. The van der Waals surface area contributed by atoms with Crippen LogP contribution < -0.4 is 10.9 Å². The van der Waals surface area contributed by atoms with Crippen LogP contribution in [0.15, 0.2) is 51.0 Å². The number of rotatable bonds is 3. The van der Waals surface area contributed by atoms with Crippen LogP contribution in [0.3, 0.4) is 0 Å². The van der Waals surface area contributed by atoms with Crippen LogP contribution in [0.25, 0.3) is 11.0 Å². The predicted octanol–water partition coefficient (Wildman–Crippen LogP) is 3.83. The van der Waals surface area contributed by atoms with Crippen molar-refractivity contribution in [2.24, 2.45) is 0 Å². The summed E-state index contributed by atoms with van der Waals surface area (Å²) in [6.07, 6.45) is 0. The molecule has 6 heteroatoms. The minimum Gasteiger partial charge on any atom is -0.423 e. The van der Waals surface area contributed by atoms with Crippen molar-refractivity contribution < 1.29 is 9.21 Å². The minimum absolute atomic E-state index is 0.186. The number of thiophene rings is 1. The molecule has 2 aromatic heterocycles. The van der Waals surface area contributed by atoms with Crippen molar-refractivity contribution in [2.45, 2.75) is 13.5 Å². The van der Waals surface area contributed by atoms with Gasteiger partial charge in [-0.25, -0.2) is 9.59 Å². The van der Waals surface area contributed by atoms with E-state index in [0.29, 0.717) is 17.8 Å². The van der Waals surface area contributed by atoms with Gasteiger partial charge < -0.3 is 14.6 Å². The van der Waals surface area contributed by atoms with Crippen LogP contribution in [-0.2, 0) is 6.54 Å². The third-order valence-corrected chi connectivity index (χ3v) is 4.57. The molecule has 0 radical (unpaired) electrons. The molecule has 0 aliphatic heterocycles. The number of hydrogen-bond donors (Lipinski definition) is 1. The van der Waals surface area contributed by atoms with Crippen LogP contribution in [-0.4, -0.2) is 18.0 Å². The lowest BCUT2D eigenvalue weighted by Gasteiger charge is -2.18. The molecule has 1 N–H and O–H groups in total. The molecule has 0 aliphatic carbocycles. The van der Waals surface area contributed by atoms with Gasteiger partial charge >= 0.3 is 11.7 Å². The van der Waals surface area contributed by atoms with E-state index < -0.39 is 0 Å². The highest BCUT2D eigenvalue weighted by Crippen LogP contribution is 2.20. The number of carbonyl (C=O) groups excluding carboxylic acids is 1. The molecule has 0 saturated heterocycles. The molecule has 2 heterocycles. The fourth-order valence-electron chi connectivity index (χ4n) is 2.22. The summed E-state index contributed by atoms with van der Waals surface area (Å²) >= 11 is 1.64. The second-order valence-corrected chi connectivity index (χ2v) is 6.32. The zero-order valence-electron chi connectivity index (χ0n) is 12.8. The average molecular weight is 328 g/mol. The first-order valence-corrected chi connectivity index (χ1v) is 8.00. The van der Waals surface area contributed by atoms with Gasteiger partial charge in [0.2, 0.25) is 0 Å². The first-order valence-electron chi connectivity index (χ1n) is 7.12. The number of fused-ring (bicyclic) bond motifs is 1. The number of benzene rings is 1. The highest BCUT2D eigenvalue weighted by molar-refractivity contribution is 7.10. The quantitative estimate of drug-likeness (QED) is 0.743. The van der Waals surface area contributed by atoms with E-state index in [2.05, 4.69) is 5.32 Å². The van der Waals surface area contributed by atoms with Crippen LogP contribution in [0, 0.1) is 6.92 Å². The van der Waals surface area contributed by atoms with Crippen LogP contribution >= 0.6 is 11.3 Å². The molecule has 1 aromatic carbocycles. The SMILES string of the molecule is Cc1ccsc1CN(C)C(=O)Nc1ccc2oc(=O)ccc2c1. The third-order valence-electron chi connectivity index (χ3n) is 3.57. The second-order valence-electron chi connectivity index (χ2n) is 5.32. The largest absolute Gasteiger partial charge is 0.423 e. The Kier molecular flexibility index (Phi) is 4.16. The lowest BCUT2D eigenvalue weighted by molar-refractivity contribution is 0.221. The van der Waals surface area contributed by atoms with Gasteiger partial charge in [-0.3, -0.25) is 0 Å². The number of aryl methyl sites for hydroxylation is 1. The Balaban J connectivity index is 1.73. The lowest BCUT2D eigenvalue weighted by Crippen LogP contribution is -2.30. The molecule has 0 unspecified atom stereocenters. The van der Waals surface area contributed by atoms with Gasteiger partial charge in [0.05, 0.1) is 6.54 Å². The van der Waals surface area contributed by atoms with Crippen molar-refractivity contribution in [1.29, 1.82) is 0 Å². The molecule has 0 spiro atoms. The van der Waals surface area contributed by atoms with E-state index in [0.717, 1.165) is 5.39 Å². The number of nitrogens with zero attached hydrogens (tertiary/aromatic N) is 1. The van der Waals surface area contributed by atoms with Crippen LogP contribution in [0.5, 0.6) is 0 Å². The maximum Gasteiger partial charge on any atom is 0.336 e. The molecule has 2 amide bonds. The molecule has 0 atom stereocenters. The van der Waals surface area contributed by atoms with E-state index in [1.54, 1.807) is 47.5 Å². The zero-order chi connectivity index (χ0) is 16.4. The highest BCUT2D eigenvalue weighted by atomic mass is 32.1. The summed E-state index contributed by atoms with van der Waals surface area (Å²) in [4.78, 5) is 26.3. The number of hydrogen-bond acceptors (Lipinski definition) is 4. The molecule has 118 valence electrons. The Morgan fingerprint density at radius 2 is 2.09 bits per heavy atom. The number of amides is 2. The molecule has 3 aromatic rings. The van der Waals surface area contributed by atoms with Crippen molar-refractivity contribution in [3.8, 4) is 0 Å². The van der Waals surface area contributed by atoms with Crippen molar-refractivity contribution >= 4 is 34.0 Å². The molecule has 0 fully saturated rings. The predicted molar refractivity (Wildman–Crippen MR) is 92.0 cm³/mol. The molecule has 5 nitrogen and oxygen atoms in total. The molecule has 0 bridgehead atoms. The van der Waals surface area contributed by atoms with Crippen LogP contribution in [0.4, 0.5) is 10.5 Å². The number of urea groups is 1. The molecule has 0 aliphatic rings. The van der Waals surface area contributed by atoms with Crippen LogP contribution in [0.1, 0.15) is 10.4 Å². The number of carbonyl (C=O) groups is 1. The summed E-state index contributed by atoms with van der Waals surface area (Å²) < 4.78 is 5.08. The summed E-state index contributed by atoms with van der Waals surface area (Å²) in [7, 11) is 1.76. The summed E-state index contributed by atoms with van der Waals surface area (Å²) in [5.41, 5.74) is 1.96. The summed E-state index contributed by atoms with van der Waals surface area (Å²) in [6, 6.07) is 10.1. The van der Waals surface area contributed by atoms with Crippen molar-refractivity contribution in [3.63, 3.8) is 0 Å². The highest BCUT2D eigenvalue weighted by Gasteiger charge is 2.12. The topological polar surface area (TPSA) is 62.6 Å². The monoisotopic (exact) mass is 328 g/mol. The molecular weight excluding hydrogens is 312 g/mol. The van der Waals surface area contributed by atoms with Crippen molar-refractivity contribution in [1.82, 2.24) is 4.90 Å². The van der Waals surface area contributed by atoms with Gasteiger partial charge in [0.25, 0.3) is 0 Å². The lowest BCUT2D eigenvalue weighted by atomic mass is 10.2. The third kappa shape index (κ3) is 3.43. The molecule has 3 rings (SSSR count). The number of nitrogens with one attached hydrogen (secondary N) is 1. The Morgan fingerprint density at radius 3 is 2.83 bits per heavy atom. The van der Waals surface area contributed by atoms with E-state index in [-0.39, 0.29) is 11.7 Å². The Labute approximate surface area is 137 Å². The Hall–Kier alpha value is -2.60. The van der Waals surface area contributed by atoms with Gasteiger partial charge in [-0.2, -0.15) is 0 Å². The summed E-state index contributed by atoms with van der Waals surface area (Å²) in [6.45, 7) is 2.60. The van der Waals surface area contributed by atoms with Crippen molar-refractivity contribution in [2.75, 3.05) is 12.4 Å². The molecule has 23 heavy (non-hydrogen) atoms. The normalized spacial score (nSPS) is 10.7. The van der Waals surface area contributed by atoms with E-state index >= 15 is 0 Å². The molecular formula is C17H16N2O3S. The first kappa shape index (κ1) is 15.3. The van der Waals surface area contributed by atoms with E-state index in [1.807, 2.05) is 18.4 Å². The summed E-state index contributed by atoms with van der Waals surface area (Å²) in [5.74, 6) is 0. The maximum atomic E-state index is 12.3. The summed E-state index contributed by atoms with van der Waals surface area (Å²) in [5, 5.41) is 5.64. The fraction of sp³-hybridized carbons (Fsp3) is 0.176. The van der Waals surface area contributed by atoms with Gasteiger partial charge in [0, 0.05) is 29.1 Å². The van der Waals surface area contributed by atoms with E-state index in [1.165, 1.54) is 16.5 Å². The minimum atomic E-state index is -0.389. The Bertz CT molecular complexity index is 913. The van der Waals surface area contributed by atoms with Gasteiger partial charge in [0.1, 0.15) is 5.58 Å². The zero-order valence-corrected chi connectivity index (χ0v) is 13.6. The smallest absolute Gasteiger partial charge is 0.336 e. The van der Waals surface area contributed by atoms with Gasteiger partial charge in [-0.15, -0.1) is 11.3 Å². The van der Waals surface area contributed by atoms with Gasteiger partial charge in [-0.1, -0.05) is 0 Å². The van der Waals surface area contributed by atoms with Crippen molar-refractivity contribution in [3.05, 3.63) is 62.6 Å². The molecule has 0 saturated carbocycles. The Morgan fingerprint density at radius 1 is 1.26 bits per heavy atom. The maximum absolute atomic E-state index is 12.3. The van der Waals surface area contributed by atoms with E-state index in [9.17, 15) is 9.59 Å². The van der Waals surface area contributed by atoms with Gasteiger partial charge in [0.15, 0.2) is 0 Å². The van der Waals surface area contributed by atoms with Gasteiger partial charge in [-0.05, 0) is 48.2 Å². The fourth-order valence-corrected chi connectivity index (χ4v) is 3.18.